The minimum absolute atomic E-state index is 0.00604. The number of nitrogens with zero attached hydrogens (tertiary/aromatic N) is 4. The number of carbonyl (C=O) groups is 1. The van der Waals surface area contributed by atoms with Crippen LogP contribution in [0.15, 0.2) is 59.1 Å². The molecule has 3 aromatic rings. The molecule has 0 N–H and O–H groups in total. The summed E-state index contributed by atoms with van der Waals surface area (Å²) in [6.07, 6.45) is 6.01. The van der Waals surface area contributed by atoms with Crippen LogP contribution < -0.4 is 0 Å². The molecule has 1 fully saturated rings. The van der Waals surface area contributed by atoms with Crippen LogP contribution in [0.25, 0.3) is 0 Å². The summed E-state index contributed by atoms with van der Waals surface area (Å²) in [5, 5.41) is 4.36. The largest absolute Gasteiger partial charge is 0.466 e. The van der Waals surface area contributed by atoms with Gasteiger partial charge in [0.05, 0.1) is 0 Å². The SMILES string of the molecule is Cc1ccc([C@H](C)CCN2CCC([C@H](Cc3ccccc3)N(C)C(=O)c3ccn(C)n3)CC2)o1. The van der Waals surface area contributed by atoms with Crippen molar-refractivity contribution in [2.45, 2.75) is 51.5 Å². The molecule has 0 radical (unpaired) electrons. The van der Waals surface area contributed by atoms with Crippen molar-refractivity contribution in [3.8, 4) is 0 Å². The number of hydrogen-bond donors (Lipinski definition) is 0. The van der Waals surface area contributed by atoms with E-state index in [9.17, 15) is 4.79 Å². The van der Waals surface area contributed by atoms with Crippen molar-refractivity contribution in [2.75, 3.05) is 26.7 Å². The molecule has 1 saturated heterocycles. The van der Waals surface area contributed by atoms with Gasteiger partial charge in [0.15, 0.2) is 0 Å². The Morgan fingerprint density at radius 2 is 1.88 bits per heavy atom. The Morgan fingerprint density at radius 3 is 2.50 bits per heavy atom. The number of aryl methyl sites for hydroxylation is 2. The minimum atomic E-state index is 0.00604. The monoisotopic (exact) mass is 462 g/mol. The number of aromatic nitrogens is 2. The van der Waals surface area contributed by atoms with Crippen molar-refractivity contribution in [3.05, 3.63) is 77.5 Å². The second-order valence-corrected chi connectivity index (χ2v) is 9.86. The number of furan rings is 1. The van der Waals surface area contributed by atoms with Crippen molar-refractivity contribution in [2.24, 2.45) is 13.0 Å². The maximum atomic E-state index is 13.2. The minimum Gasteiger partial charge on any atom is -0.466 e. The zero-order valence-electron chi connectivity index (χ0n) is 21.0. The van der Waals surface area contributed by atoms with Crippen LogP contribution in [0.5, 0.6) is 0 Å². The maximum Gasteiger partial charge on any atom is 0.274 e. The summed E-state index contributed by atoms with van der Waals surface area (Å²) < 4.78 is 7.51. The number of rotatable bonds is 9. The van der Waals surface area contributed by atoms with Crippen LogP contribution in [0.4, 0.5) is 0 Å². The lowest BCUT2D eigenvalue weighted by molar-refractivity contribution is 0.0582. The van der Waals surface area contributed by atoms with E-state index in [2.05, 4.69) is 47.3 Å². The van der Waals surface area contributed by atoms with Gasteiger partial charge in [0, 0.05) is 32.3 Å². The third-order valence-corrected chi connectivity index (χ3v) is 7.34. The molecule has 3 heterocycles. The van der Waals surface area contributed by atoms with Gasteiger partial charge in [-0.2, -0.15) is 5.10 Å². The summed E-state index contributed by atoms with van der Waals surface area (Å²) >= 11 is 0. The lowest BCUT2D eigenvalue weighted by Crippen LogP contribution is -2.47. The average molecular weight is 463 g/mol. The zero-order valence-corrected chi connectivity index (χ0v) is 21.0. The topological polar surface area (TPSA) is 54.5 Å². The van der Waals surface area contributed by atoms with Gasteiger partial charge in [-0.1, -0.05) is 37.3 Å². The van der Waals surface area contributed by atoms with Crippen LogP contribution in [0.2, 0.25) is 0 Å². The van der Waals surface area contributed by atoms with Crippen molar-refractivity contribution in [1.29, 1.82) is 0 Å². The molecule has 0 aliphatic carbocycles. The Kier molecular flexibility index (Phi) is 7.88. The van der Waals surface area contributed by atoms with Gasteiger partial charge in [-0.3, -0.25) is 9.48 Å². The van der Waals surface area contributed by atoms with Gasteiger partial charge in [0.25, 0.3) is 5.91 Å². The molecule has 1 amide bonds. The molecule has 182 valence electrons. The molecule has 2 aromatic heterocycles. The highest BCUT2D eigenvalue weighted by atomic mass is 16.3. The first-order valence-electron chi connectivity index (χ1n) is 12.5. The molecule has 1 aliphatic heterocycles. The summed E-state index contributed by atoms with van der Waals surface area (Å²) in [6.45, 7) is 7.48. The predicted molar refractivity (Wildman–Crippen MR) is 135 cm³/mol. The summed E-state index contributed by atoms with van der Waals surface area (Å²) in [6, 6.07) is 16.7. The van der Waals surface area contributed by atoms with E-state index in [1.165, 1.54) is 5.56 Å². The zero-order chi connectivity index (χ0) is 24.1. The number of benzene rings is 1. The lowest BCUT2D eigenvalue weighted by Gasteiger charge is -2.40. The Bertz CT molecular complexity index is 1050. The fraction of sp³-hybridized carbons (Fsp3) is 0.500. The quantitative estimate of drug-likeness (QED) is 0.453. The number of piperidine rings is 1. The first kappa shape index (κ1) is 24.3. The van der Waals surface area contributed by atoms with Gasteiger partial charge in [0.1, 0.15) is 17.2 Å². The van der Waals surface area contributed by atoms with E-state index in [-0.39, 0.29) is 11.9 Å². The molecule has 0 unspecified atom stereocenters. The average Bonchev–Trinajstić information content (AvgIpc) is 3.49. The van der Waals surface area contributed by atoms with E-state index in [4.69, 9.17) is 4.42 Å². The van der Waals surface area contributed by atoms with E-state index < -0.39 is 0 Å². The first-order chi connectivity index (χ1) is 16.4. The molecule has 6 nitrogen and oxygen atoms in total. The van der Waals surface area contributed by atoms with Crippen LogP contribution in [-0.2, 0) is 13.5 Å². The molecular formula is C28H38N4O2. The number of amides is 1. The number of hydrogen-bond acceptors (Lipinski definition) is 4. The fourth-order valence-electron chi connectivity index (χ4n) is 5.13. The third-order valence-electron chi connectivity index (χ3n) is 7.34. The highest BCUT2D eigenvalue weighted by molar-refractivity contribution is 5.92. The van der Waals surface area contributed by atoms with Gasteiger partial charge in [-0.05, 0) is 81.9 Å². The number of carbonyl (C=O) groups excluding carboxylic acids is 1. The van der Waals surface area contributed by atoms with Crippen LogP contribution in [0, 0.1) is 12.8 Å². The van der Waals surface area contributed by atoms with E-state index in [0.29, 0.717) is 17.5 Å². The third kappa shape index (κ3) is 5.98. The van der Waals surface area contributed by atoms with Crippen LogP contribution in [0.3, 0.4) is 0 Å². The van der Waals surface area contributed by atoms with E-state index >= 15 is 0 Å². The van der Waals surface area contributed by atoms with Crippen molar-refractivity contribution >= 4 is 5.91 Å². The molecule has 1 aliphatic rings. The molecule has 0 bridgehead atoms. The first-order valence-corrected chi connectivity index (χ1v) is 12.5. The summed E-state index contributed by atoms with van der Waals surface area (Å²) in [4.78, 5) is 17.8. The van der Waals surface area contributed by atoms with Crippen LogP contribution in [0.1, 0.15) is 59.7 Å². The number of likely N-dealkylation sites (tertiary alicyclic amines) is 1. The Balaban J connectivity index is 1.38. The molecular weight excluding hydrogens is 424 g/mol. The van der Waals surface area contributed by atoms with Gasteiger partial charge < -0.3 is 14.2 Å². The van der Waals surface area contributed by atoms with Crippen molar-refractivity contribution in [1.82, 2.24) is 19.6 Å². The summed E-state index contributed by atoms with van der Waals surface area (Å²) in [7, 11) is 3.80. The molecule has 34 heavy (non-hydrogen) atoms. The van der Waals surface area contributed by atoms with Crippen LogP contribution >= 0.6 is 0 Å². The van der Waals surface area contributed by atoms with Gasteiger partial charge in [-0.25, -0.2) is 0 Å². The predicted octanol–water partition coefficient (Wildman–Crippen LogP) is 4.91. The maximum absolute atomic E-state index is 13.2. The van der Waals surface area contributed by atoms with E-state index in [1.807, 2.05) is 50.3 Å². The van der Waals surface area contributed by atoms with E-state index in [1.54, 1.807) is 4.68 Å². The smallest absolute Gasteiger partial charge is 0.274 e. The number of likely N-dealkylation sites (N-methyl/N-ethyl adjacent to an activating group) is 1. The Morgan fingerprint density at radius 1 is 1.15 bits per heavy atom. The van der Waals surface area contributed by atoms with Crippen LogP contribution in [-0.4, -0.2) is 58.2 Å². The summed E-state index contributed by atoms with van der Waals surface area (Å²) in [5.74, 6) is 2.98. The van der Waals surface area contributed by atoms with Crippen molar-refractivity contribution in [3.63, 3.8) is 0 Å². The van der Waals surface area contributed by atoms with E-state index in [0.717, 1.165) is 56.8 Å². The normalized spacial score (nSPS) is 16.9. The highest BCUT2D eigenvalue weighted by Gasteiger charge is 2.32. The second kappa shape index (κ2) is 11.0. The van der Waals surface area contributed by atoms with Gasteiger partial charge >= 0.3 is 0 Å². The molecule has 1 aromatic carbocycles. The Hall–Kier alpha value is -2.86. The standard InChI is InChI=1S/C28H38N4O2/c1-21(27-11-10-22(2)34-27)12-17-32-18-13-24(14-19-32)26(20-23-8-6-5-7-9-23)31(4)28(33)25-15-16-30(3)29-25/h5-11,15-16,21,24,26H,12-14,17-20H2,1-4H3/t21-,26+/m1/s1. The molecule has 2 atom stereocenters. The van der Waals surface area contributed by atoms with Crippen molar-refractivity contribution < 1.29 is 9.21 Å². The highest BCUT2D eigenvalue weighted by Crippen LogP contribution is 2.28. The lowest BCUT2D eigenvalue weighted by atomic mass is 9.84. The summed E-state index contributed by atoms with van der Waals surface area (Å²) in [5.41, 5.74) is 1.79. The molecule has 0 spiro atoms. The molecule has 6 heteroatoms. The Labute approximate surface area is 203 Å². The second-order valence-electron chi connectivity index (χ2n) is 9.86. The van der Waals surface area contributed by atoms with Gasteiger partial charge in [-0.15, -0.1) is 0 Å². The van der Waals surface area contributed by atoms with Gasteiger partial charge in [0.2, 0.25) is 0 Å². The molecule has 0 saturated carbocycles. The fourth-order valence-corrected chi connectivity index (χ4v) is 5.13. The molecule has 4 rings (SSSR count).